The van der Waals surface area contributed by atoms with Crippen LogP contribution in [0.3, 0.4) is 0 Å². The number of unbranched alkanes of at least 4 members (excludes halogenated alkanes) is 2. The van der Waals surface area contributed by atoms with Crippen LogP contribution in [0.15, 0.2) is 34.5 Å². The molecule has 0 atom stereocenters. The molecule has 0 saturated carbocycles. The van der Waals surface area contributed by atoms with E-state index in [1.807, 2.05) is 12.1 Å². The fourth-order valence-corrected chi connectivity index (χ4v) is 5.93. The maximum atomic E-state index is 13.3. The van der Waals surface area contributed by atoms with Crippen molar-refractivity contribution < 1.29 is 4.79 Å². The molecule has 6 nitrogen and oxygen atoms in total. The molecule has 3 heterocycles. The minimum atomic E-state index is -0.0769. The predicted molar refractivity (Wildman–Crippen MR) is 122 cm³/mol. The van der Waals surface area contributed by atoms with Crippen LogP contribution < -0.4 is 10.9 Å². The van der Waals surface area contributed by atoms with Crippen LogP contribution in [-0.2, 0) is 30.7 Å². The average Bonchev–Trinajstić information content (AvgIpc) is 3.34. The third-order valence-corrected chi connectivity index (χ3v) is 7.48. The molecule has 0 aromatic carbocycles. The first-order valence-corrected chi connectivity index (χ1v) is 12.3. The van der Waals surface area contributed by atoms with Gasteiger partial charge in [-0.1, -0.05) is 37.6 Å². The van der Waals surface area contributed by atoms with Gasteiger partial charge >= 0.3 is 0 Å². The zero-order valence-electron chi connectivity index (χ0n) is 17.1. The van der Waals surface area contributed by atoms with E-state index in [4.69, 9.17) is 4.98 Å². The fraction of sp³-hybridized carbons (Fsp3) is 0.455. The summed E-state index contributed by atoms with van der Waals surface area (Å²) >= 11 is 3.00. The molecule has 0 bridgehead atoms. The molecule has 30 heavy (non-hydrogen) atoms. The number of thiophene rings is 1. The standard InChI is InChI=1S/C22H26N4O2S2/c1-2-3-4-11-26-21(28)19-16-8-5-9-17(16)30-20(19)25-22(26)29-14-18(27)24-13-15-7-6-10-23-12-15/h6-7,10,12H,2-5,8-9,11,13-14H2,1H3,(H,24,27). The minimum Gasteiger partial charge on any atom is -0.351 e. The summed E-state index contributed by atoms with van der Waals surface area (Å²) in [6.45, 7) is 3.25. The van der Waals surface area contributed by atoms with Crippen LogP contribution in [0.25, 0.3) is 10.2 Å². The van der Waals surface area contributed by atoms with Crippen molar-refractivity contribution in [3.05, 3.63) is 50.9 Å². The molecular formula is C22H26N4O2S2. The van der Waals surface area contributed by atoms with Crippen LogP contribution in [0.2, 0.25) is 0 Å². The van der Waals surface area contributed by atoms with Gasteiger partial charge in [-0.3, -0.25) is 19.1 Å². The lowest BCUT2D eigenvalue weighted by molar-refractivity contribution is -0.118. The highest BCUT2D eigenvalue weighted by atomic mass is 32.2. The Morgan fingerprint density at radius 2 is 2.23 bits per heavy atom. The van der Waals surface area contributed by atoms with Gasteiger partial charge in [-0.2, -0.15) is 0 Å². The number of rotatable bonds is 9. The molecule has 0 saturated heterocycles. The number of carbonyl (C=O) groups is 1. The summed E-state index contributed by atoms with van der Waals surface area (Å²) in [6, 6.07) is 3.78. The van der Waals surface area contributed by atoms with E-state index in [1.165, 1.54) is 22.2 Å². The van der Waals surface area contributed by atoms with Gasteiger partial charge in [0.25, 0.3) is 5.56 Å². The molecule has 1 aliphatic rings. The third kappa shape index (κ3) is 4.59. The molecular weight excluding hydrogens is 416 g/mol. The number of fused-ring (bicyclic) bond motifs is 3. The first-order chi connectivity index (χ1) is 14.7. The van der Waals surface area contributed by atoms with E-state index in [0.717, 1.165) is 54.3 Å². The monoisotopic (exact) mass is 442 g/mol. The van der Waals surface area contributed by atoms with E-state index >= 15 is 0 Å². The maximum Gasteiger partial charge on any atom is 0.263 e. The highest BCUT2D eigenvalue weighted by Gasteiger charge is 2.23. The molecule has 0 spiro atoms. The minimum absolute atomic E-state index is 0.0637. The Bertz CT molecular complexity index is 1090. The van der Waals surface area contributed by atoms with Crippen molar-refractivity contribution in [2.75, 3.05) is 5.75 Å². The molecule has 0 unspecified atom stereocenters. The summed E-state index contributed by atoms with van der Waals surface area (Å²) in [5.74, 6) is 0.156. The van der Waals surface area contributed by atoms with Crippen molar-refractivity contribution in [3.63, 3.8) is 0 Å². The molecule has 8 heteroatoms. The summed E-state index contributed by atoms with van der Waals surface area (Å²) in [7, 11) is 0. The van der Waals surface area contributed by atoms with Crippen molar-refractivity contribution >= 4 is 39.2 Å². The second-order valence-electron chi connectivity index (χ2n) is 7.52. The van der Waals surface area contributed by atoms with Crippen molar-refractivity contribution in [2.45, 2.75) is 63.7 Å². The molecule has 0 fully saturated rings. The van der Waals surface area contributed by atoms with Gasteiger partial charge in [-0.25, -0.2) is 4.98 Å². The van der Waals surface area contributed by atoms with Gasteiger partial charge < -0.3 is 5.32 Å². The number of nitrogens with one attached hydrogen (secondary N) is 1. The highest BCUT2D eigenvalue weighted by Crippen LogP contribution is 2.35. The van der Waals surface area contributed by atoms with Gasteiger partial charge in [0.1, 0.15) is 4.83 Å². The molecule has 1 N–H and O–H groups in total. The van der Waals surface area contributed by atoms with Crippen molar-refractivity contribution in [3.8, 4) is 0 Å². The van der Waals surface area contributed by atoms with Crippen LogP contribution in [0, 0.1) is 0 Å². The van der Waals surface area contributed by atoms with Gasteiger partial charge in [0, 0.05) is 30.4 Å². The van der Waals surface area contributed by atoms with Crippen LogP contribution in [0.1, 0.15) is 48.6 Å². The van der Waals surface area contributed by atoms with E-state index < -0.39 is 0 Å². The second-order valence-corrected chi connectivity index (χ2v) is 9.55. The summed E-state index contributed by atoms with van der Waals surface area (Å²) in [6.07, 6.45) is 9.71. The van der Waals surface area contributed by atoms with E-state index in [-0.39, 0.29) is 17.2 Å². The normalized spacial score (nSPS) is 13.0. The SMILES string of the molecule is CCCCCn1c(SCC(=O)NCc2cccnc2)nc2sc3c(c2c1=O)CCC3. The first-order valence-electron chi connectivity index (χ1n) is 10.5. The van der Waals surface area contributed by atoms with Crippen molar-refractivity contribution in [2.24, 2.45) is 0 Å². The van der Waals surface area contributed by atoms with Gasteiger partial charge in [0.05, 0.1) is 11.1 Å². The molecule has 4 rings (SSSR count). The van der Waals surface area contributed by atoms with E-state index in [2.05, 4.69) is 17.2 Å². The Morgan fingerprint density at radius 1 is 1.33 bits per heavy atom. The Hall–Kier alpha value is -2.19. The van der Waals surface area contributed by atoms with Crippen LogP contribution in [0.5, 0.6) is 0 Å². The second kappa shape index (κ2) is 9.75. The third-order valence-electron chi connectivity index (χ3n) is 5.32. The number of amides is 1. The van der Waals surface area contributed by atoms with Crippen LogP contribution in [-0.4, -0.2) is 26.2 Å². The first kappa shape index (κ1) is 21.1. The van der Waals surface area contributed by atoms with E-state index in [0.29, 0.717) is 18.2 Å². The molecule has 0 aliphatic heterocycles. The molecule has 3 aromatic rings. The lowest BCUT2D eigenvalue weighted by Crippen LogP contribution is -2.27. The Kier molecular flexibility index (Phi) is 6.84. The zero-order chi connectivity index (χ0) is 20.9. The number of hydrogen-bond acceptors (Lipinski definition) is 6. The van der Waals surface area contributed by atoms with E-state index in [9.17, 15) is 9.59 Å². The molecule has 1 amide bonds. The largest absolute Gasteiger partial charge is 0.351 e. The van der Waals surface area contributed by atoms with Gasteiger partial charge in [-0.15, -0.1) is 11.3 Å². The van der Waals surface area contributed by atoms with Gasteiger partial charge in [-0.05, 0) is 42.9 Å². The average molecular weight is 443 g/mol. The summed E-state index contributed by atoms with van der Waals surface area (Å²) < 4.78 is 1.79. The number of hydrogen-bond donors (Lipinski definition) is 1. The van der Waals surface area contributed by atoms with Gasteiger partial charge in [0.2, 0.25) is 5.91 Å². The lowest BCUT2D eigenvalue weighted by Gasteiger charge is -2.12. The Balaban J connectivity index is 1.52. The number of thioether (sulfide) groups is 1. The number of pyridine rings is 1. The highest BCUT2D eigenvalue weighted by molar-refractivity contribution is 7.99. The summed E-state index contributed by atoms with van der Waals surface area (Å²) in [5.41, 5.74) is 2.23. The van der Waals surface area contributed by atoms with Crippen LogP contribution >= 0.6 is 23.1 Å². The number of aryl methyl sites for hydroxylation is 2. The molecule has 1 aliphatic carbocycles. The summed E-state index contributed by atoms with van der Waals surface area (Å²) in [4.78, 5) is 36.7. The Morgan fingerprint density at radius 3 is 3.03 bits per heavy atom. The van der Waals surface area contributed by atoms with Gasteiger partial charge in [0.15, 0.2) is 5.16 Å². The Labute approximate surface area is 184 Å². The number of aromatic nitrogens is 3. The summed E-state index contributed by atoms with van der Waals surface area (Å²) in [5, 5.41) is 4.38. The maximum absolute atomic E-state index is 13.3. The fourth-order valence-electron chi connectivity index (χ4n) is 3.77. The molecule has 158 valence electrons. The topological polar surface area (TPSA) is 76.9 Å². The lowest BCUT2D eigenvalue weighted by atomic mass is 10.2. The smallest absolute Gasteiger partial charge is 0.263 e. The van der Waals surface area contributed by atoms with Crippen molar-refractivity contribution in [1.29, 1.82) is 0 Å². The number of nitrogens with zero attached hydrogens (tertiary/aromatic N) is 3. The molecule has 3 aromatic heterocycles. The quantitative estimate of drug-likeness (QED) is 0.309. The van der Waals surface area contributed by atoms with E-state index in [1.54, 1.807) is 28.3 Å². The predicted octanol–water partition coefficient (Wildman–Crippen LogP) is 3.94. The van der Waals surface area contributed by atoms with Crippen molar-refractivity contribution in [1.82, 2.24) is 19.9 Å². The number of carbonyl (C=O) groups excluding carboxylic acids is 1. The zero-order valence-corrected chi connectivity index (χ0v) is 18.8. The van der Waals surface area contributed by atoms with Crippen LogP contribution in [0.4, 0.5) is 0 Å². The molecule has 0 radical (unpaired) electrons.